The minimum Gasteiger partial charge on any atom is -0.271 e. The number of sulfonamides is 1. The second-order valence-electron chi connectivity index (χ2n) is 5.69. The van der Waals surface area contributed by atoms with Crippen molar-refractivity contribution in [3.8, 4) is 0 Å². The third-order valence-electron chi connectivity index (χ3n) is 3.60. The highest BCUT2D eigenvalue weighted by Gasteiger charge is 2.27. The number of benzene rings is 1. The van der Waals surface area contributed by atoms with Gasteiger partial charge in [0.25, 0.3) is 11.8 Å². The first-order valence-corrected chi connectivity index (χ1v) is 11.9. The molecule has 1 aromatic heterocycles. The van der Waals surface area contributed by atoms with E-state index in [4.69, 9.17) is 23.2 Å². The zero-order valence-corrected chi connectivity index (χ0v) is 18.3. The van der Waals surface area contributed by atoms with Crippen molar-refractivity contribution in [2.75, 3.05) is 12.0 Å². The molecule has 1 aromatic carbocycles. The van der Waals surface area contributed by atoms with Gasteiger partial charge < -0.3 is 0 Å². The van der Waals surface area contributed by atoms with E-state index in [2.05, 4.69) is 20.6 Å². The van der Waals surface area contributed by atoms with Gasteiger partial charge in [-0.15, -0.1) is 0 Å². The van der Waals surface area contributed by atoms with Crippen molar-refractivity contribution in [3.63, 3.8) is 0 Å². The van der Waals surface area contributed by atoms with Gasteiger partial charge in [-0.1, -0.05) is 29.3 Å². The van der Waals surface area contributed by atoms with Crippen LogP contribution in [0.2, 0.25) is 10.0 Å². The van der Waals surface area contributed by atoms with Gasteiger partial charge >= 0.3 is 0 Å². The van der Waals surface area contributed by atoms with Crippen molar-refractivity contribution in [3.05, 3.63) is 58.3 Å². The lowest BCUT2D eigenvalue weighted by molar-refractivity contribution is -0.123. The standard InChI is InChI=1S/C17H18Cl2N4O4S2/c1-28-9-7-14(17(25)22-21-16(24)13-4-2-3-8-20-13)23-29(26,27)15-10-11(18)5-6-12(15)19/h2-6,8,10,14,23H,7,9H2,1H3,(H,21,24)(H,22,25). The van der Waals surface area contributed by atoms with Gasteiger partial charge in [-0.3, -0.25) is 25.4 Å². The molecule has 12 heteroatoms. The molecule has 156 valence electrons. The van der Waals surface area contributed by atoms with E-state index in [1.807, 2.05) is 6.26 Å². The maximum atomic E-state index is 12.7. The SMILES string of the molecule is CSCCC(NS(=O)(=O)c1cc(Cl)ccc1Cl)C(=O)NNC(=O)c1ccccn1. The molecule has 0 spiro atoms. The number of hydrazine groups is 1. The Hall–Kier alpha value is -1.85. The van der Waals surface area contributed by atoms with Crippen molar-refractivity contribution in [1.29, 1.82) is 0 Å². The van der Waals surface area contributed by atoms with Crippen LogP contribution < -0.4 is 15.6 Å². The van der Waals surface area contributed by atoms with E-state index >= 15 is 0 Å². The number of pyridine rings is 1. The number of carbonyl (C=O) groups is 2. The molecule has 1 unspecified atom stereocenters. The highest BCUT2D eigenvalue weighted by atomic mass is 35.5. The van der Waals surface area contributed by atoms with Crippen LogP contribution in [0.1, 0.15) is 16.9 Å². The summed E-state index contributed by atoms with van der Waals surface area (Å²) in [7, 11) is -4.14. The van der Waals surface area contributed by atoms with Crippen LogP contribution in [-0.2, 0) is 14.8 Å². The second-order valence-corrected chi connectivity index (χ2v) is 9.20. The maximum Gasteiger partial charge on any atom is 0.288 e. The molecule has 0 bridgehead atoms. The number of nitrogens with one attached hydrogen (secondary N) is 3. The van der Waals surface area contributed by atoms with Crippen LogP contribution in [0.5, 0.6) is 0 Å². The Balaban J connectivity index is 2.12. The van der Waals surface area contributed by atoms with Crippen molar-refractivity contribution >= 4 is 56.8 Å². The fourth-order valence-corrected chi connectivity index (χ4v) is 4.64. The lowest BCUT2D eigenvalue weighted by Gasteiger charge is -2.19. The number of halogens is 2. The summed E-state index contributed by atoms with van der Waals surface area (Å²) in [5, 5.41) is 0.150. The summed E-state index contributed by atoms with van der Waals surface area (Å²) in [6.45, 7) is 0. The number of thioether (sulfide) groups is 1. The highest BCUT2D eigenvalue weighted by molar-refractivity contribution is 7.98. The van der Waals surface area contributed by atoms with Crippen LogP contribution in [0.4, 0.5) is 0 Å². The van der Waals surface area contributed by atoms with Gasteiger partial charge in [-0.05, 0) is 48.8 Å². The molecule has 1 atom stereocenters. The highest BCUT2D eigenvalue weighted by Crippen LogP contribution is 2.25. The van der Waals surface area contributed by atoms with E-state index in [0.717, 1.165) is 0 Å². The molecule has 3 N–H and O–H groups in total. The summed E-state index contributed by atoms with van der Waals surface area (Å²) in [4.78, 5) is 28.1. The number of rotatable bonds is 8. The molecule has 0 radical (unpaired) electrons. The lowest BCUT2D eigenvalue weighted by atomic mass is 10.2. The topological polar surface area (TPSA) is 117 Å². The van der Waals surface area contributed by atoms with Gasteiger partial charge in [0.1, 0.15) is 16.6 Å². The Bertz CT molecular complexity index is 975. The lowest BCUT2D eigenvalue weighted by Crippen LogP contribution is -2.52. The van der Waals surface area contributed by atoms with E-state index in [-0.39, 0.29) is 27.1 Å². The van der Waals surface area contributed by atoms with Crippen LogP contribution in [0.3, 0.4) is 0 Å². The van der Waals surface area contributed by atoms with Crippen LogP contribution in [-0.4, -0.2) is 43.3 Å². The average molecular weight is 477 g/mol. The van der Waals surface area contributed by atoms with E-state index in [9.17, 15) is 18.0 Å². The Morgan fingerprint density at radius 2 is 1.93 bits per heavy atom. The fourth-order valence-electron chi connectivity index (χ4n) is 2.18. The Morgan fingerprint density at radius 3 is 2.59 bits per heavy atom. The van der Waals surface area contributed by atoms with Gasteiger partial charge in [-0.25, -0.2) is 8.42 Å². The molecule has 2 amide bonds. The maximum absolute atomic E-state index is 12.7. The quantitative estimate of drug-likeness (QED) is 0.502. The summed E-state index contributed by atoms with van der Waals surface area (Å²) in [5.41, 5.74) is 4.53. The molecule has 1 heterocycles. The smallest absolute Gasteiger partial charge is 0.271 e. The molecule has 2 rings (SSSR count). The van der Waals surface area contributed by atoms with Crippen molar-refractivity contribution in [2.24, 2.45) is 0 Å². The van der Waals surface area contributed by atoms with Crippen LogP contribution in [0.25, 0.3) is 0 Å². The molecular weight excluding hydrogens is 459 g/mol. The average Bonchev–Trinajstić information content (AvgIpc) is 2.71. The summed E-state index contributed by atoms with van der Waals surface area (Å²) in [6, 6.07) is 7.58. The summed E-state index contributed by atoms with van der Waals surface area (Å²) < 4.78 is 27.7. The molecule has 29 heavy (non-hydrogen) atoms. The molecule has 2 aromatic rings. The molecule has 0 aliphatic carbocycles. The van der Waals surface area contributed by atoms with E-state index in [0.29, 0.717) is 5.75 Å². The Kier molecular flexibility index (Phi) is 8.72. The third kappa shape index (κ3) is 6.86. The first kappa shape index (κ1) is 23.4. The minimum absolute atomic E-state index is 0.0330. The molecule has 0 saturated carbocycles. The van der Waals surface area contributed by atoms with Crippen LogP contribution in [0.15, 0.2) is 47.5 Å². The summed E-state index contributed by atoms with van der Waals surface area (Å²) in [6.07, 6.45) is 3.44. The zero-order chi connectivity index (χ0) is 21.4. The van der Waals surface area contributed by atoms with Gasteiger partial charge in [0.2, 0.25) is 10.0 Å². The molecular formula is C17H18Cl2N4O4S2. The molecule has 0 saturated heterocycles. The minimum atomic E-state index is -4.14. The summed E-state index contributed by atoms with van der Waals surface area (Å²) in [5.74, 6) is -0.869. The second kappa shape index (κ2) is 10.8. The van der Waals surface area contributed by atoms with Crippen LogP contribution >= 0.6 is 35.0 Å². The Morgan fingerprint density at radius 1 is 1.17 bits per heavy atom. The molecule has 8 nitrogen and oxygen atoms in total. The number of hydrogen-bond acceptors (Lipinski definition) is 6. The van der Waals surface area contributed by atoms with Gasteiger partial charge in [-0.2, -0.15) is 16.5 Å². The monoisotopic (exact) mass is 476 g/mol. The fraction of sp³-hybridized carbons (Fsp3) is 0.235. The zero-order valence-electron chi connectivity index (χ0n) is 15.2. The van der Waals surface area contributed by atoms with Gasteiger partial charge in [0.15, 0.2) is 0 Å². The van der Waals surface area contributed by atoms with E-state index in [1.165, 1.54) is 42.2 Å². The van der Waals surface area contributed by atoms with Crippen molar-refractivity contribution in [2.45, 2.75) is 17.4 Å². The number of aromatic nitrogens is 1. The number of carbonyl (C=O) groups excluding carboxylic acids is 2. The first-order valence-electron chi connectivity index (χ1n) is 8.22. The summed E-state index contributed by atoms with van der Waals surface area (Å²) >= 11 is 13.3. The van der Waals surface area contributed by atoms with Crippen molar-refractivity contribution in [1.82, 2.24) is 20.6 Å². The van der Waals surface area contributed by atoms with Crippen LogP contribution in [0, 0.1) is 0 Å². The predicted molar refractivity (Wildman–Crippen MR) is 113 cm³/mol. The molecule has 0 aliphatic heterocycles. The third-order valence-corrected chi connectivity index (χ3v) is 6.44. The number of hydrogen-bond donors (Lipinski definition) is 3. The molecule has 0 fully saturated rings. The molecule has 0 aliphatic rings. The normalized spacial score (nSPS) is 12.2. The Labute approximate surface area is 182 Å². The largest absolute Gasteiger partial charge is 0.288 e. The number of nitrogens with zero attached hydrogens (tertiary/aromatic N) is 1. The van der Waals surface area contributed by atoms with Gasteiger partial charge in [0, 0.05) is 11.2 Å². The van der Waals surface area contributed by atoms with E-state index in [1.54, 1.807) is 12.1 Å². The predicted octanol–water partition coefficient (Wildman–Crippen LogP) is 2.25. The van der Waals surface area contributed by atoms with Gasteiger partial charge in [0.05, 0.1) is 5.02 Å². The number of amides is 2. The first-order chi connectivity index (χ1) is 13.7. The van der Waals surface area contributed by atoms with E-state index < -0.39 is 27.9 Å². The van der Waals surface area contributed by atoms with Crippen molar-refractivity contribution < 1.29 is 18.0 Å².